The molecule has 0 bridgehead atoms. The average molecular weight is 240 g/mol. The van der Waals surface area contributed by atoms with Gasteiger partial charge in [0.05, 0.1) is 23.2 Å². The predicted molar refractivity (Wildman–Crippen MR) is 65.6 cm³/mol. The highest BCUT2D eigenvalue weighted by Crippen LogP contribution is 2.28. The molecule has 2 aromatic rings. The van der Waals surface area contributed by atoms with Gasteiger partial charge in [0.2, 0.25) is 5.95 Å². The smallest absolute Gasteiger partial charge is 0.201 e. The number of anilines is 1. The van der Waals surface area contributed by atoms with Crippen LogP contribution in [-0.2, 0) is 5.54 Å². The van der Waals surface area contributed by atoms with Crippen molar-refractivity contribution in [1.29, 1.82) is 0 Å². The molecule has 0 amide bonds. The number of hydrogen-bond acceptors (Lipinski definition) is 3. The van der Waals surface area contributed by atoms with Crippen molar-refractivity contribution in [2.24, 2.45) is 0 Å². The molecule has 0 unspecified atom stereocenters. The normalized spacial score (nSPS) is 12.2. The summed E-state index contributed by atoms with van der Waals surface area (Å²) in [7, 11) is 0. The zero-order valence-corrected chi connectivity index (χ0v) is 9.99. The summed E-state index contributed by atoms with van der Waals surface area (Å²) in [6.45, 7) is 3.77. The van der Waals surface area contributed by atoms with E-state index in [9.17, 15) is 5.11 Å². The van der Waals surface area contributed by atoms with E-state index in [1.54, 1.807) is 16.7 Å². The molecular formula is C11H14ClN3O. The molecule has 4 nitrogen and oxygen atoms in total. The molecule has 0 saturated heterocycles. The molecule has 1 aromatic carbocycles. The number of imidazole rings is 1. The number of halogens is 1. The molecule has 0 aliphatic heterocycles. The molecule has 16 heavy (non-hydrogen) atoms. The summed E-state index contributed by atoms with van der Waals surface area (Å²) >= 11 is 5.95. The summed E-state index contributed by atoms with van der Waals surface area (Å²) in [4.78, 5) is 4.24. The van der Waals surface area contributed by atoms with Gasteiger partial charge < -0.3 is 15.4 Å². The number of benzene rings is 1. The minimum atomic E-state index is -0.497. The van der Waals surface area contributed by atoms with Crippen molar-refractivity contribution in [3.05, 3.63) is 23.2 Å². The third kappa shape index (κ3) is 1.64. The number of fused-ring (bicyclic) bond motifs is 1. The quantitative estimate of drug-likeness (QED) is 0.843. The Kier molecular flexibility index (Phi) is 2.56. The second-order valence-electron chi connectivity index (χ2n) is 4.41. The molecule has 5 heteroatoms. The zero-order valence-electron chi connectivity index (χ0n) is 9.24. The first-order valence-electron chi connectivity index (χ1n) is 5.00. The molecule has 1 heterocycles. The van der Waals surface area contributed by atoms with Gasteiger partial charge in [-0.1, -0.05) is 11.6 Å². The van der Waals surface area contributed by atoms with E-state index in [0.717, 1.165) is 11.0 Å². The Labute approximate surface area is 98.6 Å². The van der Waals surface area contributed by atoms with Crippen molar-refractivity contribution in [2.75, 3.05) is 12.3 Å². The zero-order chi connectivity index (χ0) is 11.9. The van der Waals surface area contributed by atoms with E-state index in [-0.39, 0.29) is 6.61 Å². The topological polar surface area (TPSA) is 64.1 Å². The molecule has 0 aliphatic carbocycles. The number of rotatable bonds is 2. The summed E-state index contributed by atoms with van der Waals surface area (Å²) in [6, 6.07) is 5.39. The molecule has 86 valence electrons. The summed E-state index contributed by atoms with van der Waals surface area (Å²) in [6.07, 6.45) is 0. The van der Waals surface area contributed by atoms with Gasteiger partial charge in [0.15, 0.2) is 0 Å². The Morgan fingerprint density at radius 1 is 1.50 bits per heavy atom. The van der Waals surface area contributed by atoms with Crippen LogP contribution in [0.2, 0.25) is 5.02 Å². The van der Waals surface area contributed by atoms with E-state index in [0.29, 0.717) is 11.0 Å². The number of nitrogens with two attached hydrogens (primary N) is 1. The van der Waals surface area contributed by atoms with Crippen molar-refractivity contribution in [2.45, 2.75) is 19.4 Å². The second kappa shape index (κ2) is 3.64. The number of nitrogens with zero attached hydrogens (tertiary/aromatic N) is 2. The maximum Gasteiger partial charge on any atom is 0.201 e. The predicted octanol–water partition coefficient (Wildman–Crippen LogP) is 2.00. The van der Waals surface area contributed by atoms with Gasteiger partial charge in [-0.2, -0.15) is 0 Å². The van der Waals surface area contributed by atoms with Gasteiger partial charge in [-0.25, -0.2) is 4.98 Å². The molecule has 2 rings (SSSR count). The van der Waals surface area contributed by atoms with Crippen molar-refractivity contribution >= 4 is 28.6 Å². The third-order valence-corrected chi connectivity index (χ3v) is 2.87. The second-order valence-corrected chi connectivity index (χ2v) is 4.85. The lowest BCUT2D eigenvalue weighted by atomic mass is 10.1. The van der Waals surface area contributed by atoms with Crippen LogP contribution < -0.4 is 5.73 Å². The van der Waals surface area contributed by atoms with Gasteiger partial charge in [-0.3, -0.25) is 0 Å². The van der Waals surface area contributed by atoms with Crippen molar-refractivity contribution in [1.82, 2.24) is 9.55 Å². The van der Waals surface area contributed by atoms with Crippen molar-refractivity contribution < 1.29 is 5.11 Å². The van der Waals surface area contributed by atoms with E-state index in [1.165, 1.54) is 0 Å². The van der Waals surface area contributed by atoms with Crippen LogP contribution >= 0.6 is 11.6 Å². The van der Waals surface area contributed by atoms with Crippen molar-refractivity contribution in [3.8, 4) is 0 Å². The van der Waals surface area contributed by atoms with E-state index < -0.39 is 5.54 Å². The Balaban J connectivity index is 2.77. The van der Waals surface area contributed by atoms with Crippen molar-refractivity contribution in [3.63, 3.8) is 0 Å². The molecule has 0 radical (unpaired) electrons. The van der Waals surface area contributed by atoms with Gasteiger partial charge in [-0.05, 0) is 32.0 Å². The minimum absolute atomic E-state index is 0.0187. The van der Waals surface area contributed by atoms with Crippen LogP contribution in [0.15, 0.2) is 18.2 Å². The van der Waals surface area contributed by atoms with E-state index in [1.807, 2.05) is 19.9 Å². The first-order chi connectivity index (χ1) is 7.45. The minimum Gasteiger partial charge on any atom is -0.394 e. The highest BCUT2D eigenvalue weighted by molar-refractivity contribution is 6.31. The maximum absolute atomic E-state index is 9.38. The van der Waals surface area contributed by atoms with Crippen LogP contribution in [0.4, 0.5) is 5.95 Å². The fourth-order valence-electron chi connectivity index (χ4n) is 1.77. The van der Waals surface area contributed by atoms with E-state index in [4.69, 9.17) is 17.3 Å². The monoisotopic (exact) mass is 239 g/mol. The Morgan fingerprint density at radius 2 is 2.19 bits per heavy atom. The number of aromatic nitrogens is 2. The standard InChI is InChI=1S/C11H14ClN3O/c1-11(2,6-16)15-9-5-7(12)3-4-8(9)14-10(15)13/h3-5,16H,6H2,1-2H3,(H2,13,14). The lowest BCUT2D eigenvalue weighted by Crippen LogP contribution is -2.31. The fourth-order valence-corrected chi connectivity index (χ4v) is 1.94. The molecule has 0 saturated carbocycles. The Morgan fingerprint density at radius 3 is 2.81 bits per heavy atom. The number of hydrogen-bond donors (Lipinski definition) is 2. The lowest BCUT2D eigenvalue weighted by Gasteiger charge is -2.25. The molecule has 0 aliphatic rings. The Hall–Kier alpha value is -1.26. The Bertz CT molecular complexity index is 533. The first-order valence-corrected chi connectivity index (χ1v) is 5.38. The molecule has 3 N–H and O–H groups in total. The third-order valence-electron chi connectivity index (χ3n) is 2.63. The fraction of sp³-hybridized carbons (Fsp3) is 0.364. The van der Waals surface area contributed by atoms with Crippen LogP contribution in [0.25, 0.3) is 11.0 Å². The van der Waals surface area contributed by atoms with Crippen LogP contribution in [0.5, 0.6) is 0 Å². The molecular weight excluding hydrogens is 226 g/mol. The van der Waals surface area contributed by atoms with Crippen LogP contribution in [0.1, 0.15) is 13.8 Å². The summed E-state index contributed by atoms with van der Waals surface area (Å²) < 4.78 is 1.80. The number of nitrogen functional groups attached to an aromatic ring is 1. The molecule has 0 atom stereocenters. The lowest BCUT2D eigenvalue weighted by molar-refractivity contribution is 0.169. The molecule has 1 aromatic heterocycles. The van der Waals surface area contributed by atoms with Gasteiger partial charge in [0, 0.05) is 5.02 Å². The van der Waals surface area contributed by atoms with Gasteiger partial charge >= 0.3 is 0 Å². The SMILES string of the molecule is CC(C)(CO)n1c(N)nc2ccc(Cl)cc21. The van der Waals surface area contributed by atoms with E-state index >= 15 is 0 Å². The largest absolute Gasteiger partial charge is 0.394 e. The van der Waals surface area contributed by atoms with Crippen LogP contribution in [0, 0.1) is 0 Å². The summed E-state index contributed by atoms with van der Waals surface area (Å²) in [5, 5.41) is 10.0. The highest BCUT2D eigenvalue weighted by Gasteiger charge is 2.24. The number of aliphatic hydroxyl groups is 1. The first kappa shape index (κ1) is 11.2. The highest BCUT2D eigenvalue weighted by atomic mass is 35.5. The molecule has 0 spiro atoms. The van der Waals surface area contributed by atoms with Gasteiger partial charge in [0.25, 0.3) is 0 Å². The average Bonchev–Trinajstić information content (AvgIpc) is 2.54. The number of aliphatic hydroxyl groups excluding tert-OH is 1. The summed E-state index contributed by atoms with van der Waals surface area (Å²) in [5.74, 6) is 0.385. The maximum atomic E-state index is 9.38. The van der Waals surface area contributed by atoms with Crippen LogP contribution in [-0.4, -0.2) is 21.3 Å². The molecule has 0 fully saturated rings. The van der Waals surface area contributed by atoms with Crippen LogP contribution in [0.3, 0.4) is 0 Å². The van der Waals surface area contributed by atoms with Gasteiger partial charge in [-0.15, -0.1) is 0 Å². The van der Waals surface area contributed by atoms with E-state index in [2.05, 4.69) is 4.98 Å². The van der Waals surface area contributed by atoms with Gasteiger partial charge in [0.1, 0.15) is 0 Å². The summed E-state index contributed by atoms with van der Waals surface area (Å²) in [5.41, 5.74) is 6.98.